The van der Waals surface area contributed by atoms with Gasteiger partial charge in [0.2, 0.25) is 5.75 Å². The molecule has 2 saturated heterocycles. The number of likely N-dealkylation sites (tertiary alicyclic amines) is 1. The summed E-state index contributed by atoms with van der Waals surface area (Å²) in [6.45, 7) is 3.75. The highest BCUT2D eigenvalue weighted by atomic mass is 35.5. The van der Waals surface area contributed by atoms with Crippen molar-refractivity contribution >= 4 is 18.3 Å². The first kappa shape index (κ1) is 19.7. The molecule has 0 bridgehead atoms. The van der Waals surface area contributed by atoms with Gasteiger partial charge in [-0.3, -0.25) is 4.79 Å². The second-order valence-electron chi connectivity index (χ2n) is 6.64. The van der Waals surface area contributed by atoms with Gasteiger partial charge in [-0.05, 0) is 49.9 Å². The highest BCUT2D eigenvalue weighted by Gasteiger charge is 2.40. The van der Waals surface area contributed by atoms with Gasteiger partial charge in [-0.15, -0.1) is 12.4 Å². The Hall–Kier alpha value is -1.66. The number of nitrogens with one attached hydrogen (secondary N) is 1. The minimum atomic E-state index is 0. The second kappa shape index (κ2) is 8.15. The number of ether oxygens (including phenoxy) is 3. The van der Waals surface area contributed by atoms with Crippen LogP contribution < -0.4 is 19.5 Å². The van der Waals surface area contributed by atoms with Crippen molar-refractivity contribution in [3.05, 3.63) is 17.7 Å². The lowest BCUT2D eigenvalue weighted by Gasteiger charge is -2.33. The van der Waals surface area contributed by atoms with E-state index in [-0.39, 0.29) is 18.3 Å². The van der Waals surface area contributed by atoms with Crippen molar-refractivity contribution in [2.75, 3.05) is 47.5 Å². The standard InChI is InChI=1S/C18H26N2O4.ClH/c1-22-14-10-13(11-15(23-2)16(14)24-3)17(21)20-9-6-18(12-20)4-7-19-8-5-18;/h10-11,19H,4-9,12H2,1-3H3;1H. The number of rotatable bonds is 4. The monoisotopic (exact) mass is 370 g/mol. The number of benzene rings is 1. The Morgan fingerprint density at radius 2 is 1.64 bits per heavy atom. The third-order valence-corrected chi connectivity index (χ3v) is 5.30. The molecule has 1 amide bonds. The van der Waals surface area contributed by atoms with Gasteiger partial charge >= 0.3 is 0 Å². The van der Waals surface area contributed by atoms with Gasteiger partial charge in [-0.25, -0.2) is 0 Å². The molecule has 7 heteroatoms. The number of methoxy groups -OCH3 is 3. The number of nitrogens with zero attached hydrogens (tertiary/aromatic N) is 1. The van der Waals surface area contributed by atoms with Crippen LogP contribution in [0.1, 0.15) is 29.6 Å². The van der Waals surface area contributed by atoms with Crippen LogP contribution in [-0.4, -0.2) is 58.3 Å². The molecule has 1 aromatic carbocycles. The molecule has 2 aliphatic rings. The Balaban J connectivity index is 0.00000225. The summed E-state index contributed by atoms with van der Waals surface area (Å²) in [6, 6.07) is 3.47. The average molecular weight is 371 g/mol. The summed E-state index contributed by atoms with van der Waals surface area (Å²) in [6.07, 6.45) is 3.38. The first-order valence-electron chi connectivity index (χ1n) is 8.42. The minimum absolute atomic E-state index is 0. The number of piperidine rings is 1. The van der Waals surface area contributed by atoms with Crippen LogP contribution in [-0.2, 0) is 0 Å². The van der Waals surface area contributed by atoms with E-state index in [9.17, 15) is 4.79 Å². The number of amides is 1. The van der Waals surface area contributed by atoms with E-state index in [0.717, 1.165) is 45.4 Å². The molecule has 0 radical (unpaired) electrons. The molecule has 6 nitrogen and oxygen atoms in total. The quantitative estimate of drug-likeness (QED) is 0.881. The van der Waals surface area contributed by atoms with Crippen LogP contribution >= 0.6 is 12.4 Å². The topological polar surface area (TPSA) is 60.0 Å². The summed E-state index contributed by atoms with van der Waals surface area (Å²) in [7, 11) is 4.68. The van der Waals surface area contributed by atoms with Crippen molar-refractivity contribution in [1.29, 1.82) is 0 Å². The molecule has 3 rings (SSSR count). The van der Waals surface area contributed by atoms with Crippen LogP contribution in [0.25, 0.3) is 0 Å². The minimum Gasteiger partial charge on any atom is -0.493 e. The summed E-state index contributed by atoms with van der Waals surface area (Å²) in [5.41, 5.74) is 0.872. The van der Waals surface area contributed by atoms with E-state index in [2.05, 4.69) is 5.32 Å². The smallest absolute Gasteiger partial charge is 0.254 e. The number of halogens is 1. The SMILES string of the molecule is COc1cc(C(=O)N2CCC3(CCNCC3)C2)cc(OC)c1OC.Cl. The predicted octanol–water partition coefficient (Wildman–Crippen LogP) is 2.35. The molecule has 2 aliphatic heterocycles. The molecular formula is C18H27ClN2O4. The third-order valence-electron chi connectivity index (χ3n) is 5.30. The average Bonchev–Trinajstić information content (AvgIpc) is 3.03. The largest absolute Gasteiger partial charge is 0.493 e. The van der Waals surface area contributed by atoms with E-state index < -0.39 is 0 Å². The number of hydrogen-bond donors (Lipinski definition) is 1. The lowest BCUT2D eigenvalue weighted by Crippen LogP contribution is -2.39. The first-order chi connectivity index (χ1) is 11.6. The van der Waals surface area contributed by atoms with Gasteiger partial charge in [0.15, 0.2) is 11.5 Å². The fraction of sp³-hybridized carbons (Fsp3) is 0.611. The normalized spacial score (nSPS) is 18.6. The van der Waals surface area contributed by atoms with Crippen LogP contribution in [0.15, 0.2) is 12.1 Å². The molecule has 0 saturated carbocycles. The first-order valence-corrected chi connectivity index (χ1v) is 8.42. The molecule has 2 heterocycles. The number of hydrogen-bond acceptors (Lipinski definition) is 5. The number of carbonyl (C=O) groups is 1. The number of carbonyl (C=O) groups excluding carboxylic acids is 1. The molecule has 1 N–H and O–H groups in total. The van der Waals surface area contributed by atoms with Crippen molar-refractivity contribution in [1.82, 2.24) is 10.2 Å². The summed E-state index contributed by atoms with van der Waals surface area (Å²) in [5.74, 6) is 1.56. The van der Waals surface area contributed by atoms with Crippen molar-refractivity contribution in [2.24, 2.45) is 5.41 Å². The zero-order valence-electron chi connectivity index (χ0n) is 15.1. The summed E-state index contributed by atoms with van der Waals surface area (Å²) in [4.78, 5) is 14.9. The highest BCUT2D eigenvalue weighted by molar-refractivity contribution is 5.96. The third kappa shape index (κ3) is 3.80. The van der Waals surface area contributed by atoms with Gasteiger partial charge in [0.25, 0.3) is 5.91 Å². The van der Waals surface area contributed by atoms with Gasteiger partial charge in [-0.2, -0.15) is 0 Å². The van der Waals surface area contributed by atoms with Crippen LogP contribution in [0.4, 0.5) is 0 Å². The predicted molar refractivity (Wildman–Crippen MR) is 98.4 cm³/mol. The summed E-state index contributed by atoms with van der Waals surface area (Å²) in [5, 5.41) is 3.40. The Labute approximate surface area is 155 Å². The molecule has 0 atom stereocenters. The lowest BCUT2D eigenvalue weighted by atomic mass is 9.78. The molecule has 25 heavy (non-hydrogen) atoms. The highest BCUT2D eigenvalue weighted by Crippen LogP contribution is 2.41. The van der Waals surface area contributed by atoms with Gasteiger partial charge in [0.05, 0.1) is 21.3 Å². The van der Waals surface area contributed by atoms with E-state index in [1.807, 2.05) is 4.90 Å². The van der Waals surface area contributed by atoms with Gasteiger partial charge in [0, 0.05) is 18.7 Å². The van der Waals surface area contributed by atoms with Gasteiger partial charge in [0.1, 0.15) is 0 Å². The molecule has 0 aromatic heterocycles. The molecule has 1 spiro atoms. The molecular weight excluding hydrogens is 344 g/mol. The molecule has 0 unspecified atom stereocenters. The summed E-state index contributed by atoms with van der Waals surface area (Å²) < 4.78 is 16.0. The Morgan fingerprint density at radius 3 is 2.16 bits per heavy atom. The van der Waals surface area contributed by atoms with Gasteiger partial charge < -0.3 is 24.4 Å². The van der Waals surface area contributed by atoms with Crippen molar-refractivity contribution in [3.8, 4) is 17.2 Å². The molecule has 1 aromatic rings. The van der Waals surface area contributed by atoms with E-state index in [0.29, 0.717) is 28.2 Å². The molecule has 140 valence electrons. The molecule has 0 aliphatic carbocycles. The van der Waals surface area contributed by atoms with Gasteiger partial charge in [-0.1, -0.05) is 0 Å². The van der Waals surface area contributed by atoms with Crippen LogP contribution in [0, 0.1) is 5.41 Å². The second-order valence-corrected chi connectivity index (χ2v) is 6.64. The van der Waals surface area contributed by atoms with E-state index in [4.69, 9.17) is 14.2 Å². The summed E-state index contributed by atoms with van der Waals surface area (Å²) >= 11 is 0. The lowest BCUT2D eigenvalue weighted by molar-refractivity contribution is 0.0761. The van der Waals surface area contributed by atoms with Crippen LogP contribution in [0.2, 0.25) is 0 Å². The maximum atomic E-state index is 13.0. The van der Waals surface area contributed by atoms with Crippen molar-refractivity contribution < 1.29 is 19.0 Å². The fourth-order valence-electron chi connectivity index (χ4n) is 3.86. The zero-order valence-corrected chi connectivity index (χ0v) is 15.9. The Kier molecular flexibility index (Phi) is 6.41. The Morgan fingerprint density at radius 1 is 1.04 bits per heavy atom. The van der Waals surface area contributed by atoms with Crippen molar-refractivity contribution in [3.63, 3.8) is 0 Å². The van der Waals surface area contributed by atoms with Crippen molar-refractivity contribution in [2.45, 2.75) is 19.3 Å². The fourth-order valence-corrected chi connectivity index (χ4v) is 3.86. The molecule has 2 fully saturated rings. The Bertz CT molecular complexity index is 592. The van der Waals surface area contributed by atoms with Crippen LogP contribution in [0.5, 0.6) is 17.2 Å². The van der Waals surface area contributed by atoms with Crippen LogP contribution in [0.3, 0.4) is 0 Å². The maximum Gasteiger partial charge on any atom is 0.254 e. The van der Waals surface area contributed by atoms with E-state index in [1.165, 1.54) is 0 Å². The zero-order chi connectivity index (χ0) is 17.2. The maximum absolute atomic E-state index is 13.0. The van der Waals surface area contributed by atoms with E-state index >= 15 is 0 Å². The van der Waals surface area contributed by atoms with E-state index in [1.54, 1.807) is 33.5 Å².